The number of carbonyl (C=O) groups is 2. The molecule has 1 unspecified atom stereocenters. The predicted molar refractivity (Wildman–Crippen MR) is 121 cm³/mol. The van der Waals surface area contributed by atoms with E-state index in [0.717, 1.165) is 36.5 Å². The molecule has 4 heteroatoms. The van der Waals surface area contributed by atoms with Gasteiger partial charge in [0.1, 0.15) is 0 Å². The number of rotatable bonds is 12. The Morgan fingerprint density at radius 3 is 1.93 bits per heavy atom. The summed E-state index contributed by atoms with van der Waals surface area (Å²) in [5, 5.41) is 0. The van der Waals surface area contributed by atoms with Crippen LogP contribution in [0.4, 0.5) is 0 Å². The van der Waals surface area contributed by atoms with Gasteiger partial charge in [-0.25, -0.2) is 9.59 Å². The lowest BCUT2D eigenvalue weighted by Gasteiger charge is -2.38. The van der Waals surface area contributed by atoms with Gasteiger partial charge in [0.25, 0.3) is 0 Å². The molecular weight excluding hydrogens is 376 g/mol. The second kappa shape index (κ2) is 13.7. The smallest absolute Gasteiger partial charge is 0.330 e. The van der Waals surface area contributed by atoms with Crippen molar-refractivity contribution in [3.05, 3.63) is 25.3 Å². The molecule has 0 N–H and O–H groups in total. The normalized spacial score (nSPS) is 27.6. The molecule has 0 aromatic heterocycles. The fourth-order valence-electron chi connectivity index (χ4n) is 5.53. The Balaban J connectivity index is 1.60. The highest BCUT2D eigenvalue weighted by molar-refractivity contribution is 5.81. The number of hydrogen-bond acceptors (Lipinski definition) is 4. The number of carbonyl (C=O) groups excluding carboxylic acids is 2. The van der Waals surface area contributed by atoms with E-state index in [1.807, 2.05) is 0 Å². The molecule has 0 spiro atoms. The fourth-order valence-corrected chi connectivity index (χ4v) is 5.53. The lowest BCUT2D eigenvalue weighted by atomic mass is 9.68. The van der Waals surface area contributed by atoms with Crippen LogP contribution in [0.5, 0.6) is 0 Å². The van der Waals surface area contributed by atoms with Gasteiger partial charge in [0.2, 0.25) is 0 Å². The van der Waals surface area contributed by atoms with E-state index >= 15 is 0 Å². The van der Waals surface area contributed by atoms with Gasteiger partial charge >= 0.3 is 11.9 Å². The SMILES string of the molecule is C=CC(=O)OCCCC1CCC(C2CCC(CC(CC)COC(=O)C=C)CC2)CC1. The average Bonchev–Trinajstić information content (AvgIpc) is 2.79. The Kier molecular flexibility index (Phi) is 11.2. The summed E-state index contributed by atoms with van der Waals surface area (Å²) in [6, 6.07) is 0. The highest BCUT2D eigenvalue weighted by Gasteiger charge is 2.31. The Morgan fingerprint density at radius 2 is 1.40 bits per heavy atom. The molecule has 30 heavy (non-hydrogen) atoms. The molecule has 0 amide bonds. The first-order valence-electron chi connectivity index (χ1n) is 12.1. The summed E-state index contributed by atoms with van der Waals surface area (Å²) >= 11 is 0. The van der Waals surface area contributed by atoms with Crippen LogP contribution in [0.15, 0.2) is 25.3 Å². The Morgan fingerprint density at radius 1 is 0.867 bits per heavy atom. The van der Waals surface area contributed by atoms with Gasteiger partial charge in [-0.3, -0.25) is 0 Å². The van der Waals surface area contributed by atoms with E-state index in [1.54, 1.807) is 0 Å². The van der Waals surface area contributed by atoms with Gasteiger partial charge in [0, 0.05) is 12.2 Å². The maximum Gasteiger partial charge on any atom is 0.330 e. The first-order valence-corrected chi connectivity index (χ1v) is 12.1. The van der Waals surface area contributed by atoms with Gasteiger partial charge in [0.15, 0.2) is 0 Å². The summed E-state index contributed by atoms with van der Waals surface area (Å²) in [7, 11) is 0. The van der Waals surface area contributed by atoms with Crippen LogP contribution in [0.1, 0.15) is 84.0 Å². The second-order valence-electron chi connectivity index (χ2n) is 9.42. The summed E-state index contributed by atoms with van der Waals surface area (Å²) in [5.74, 6) is 3.30. The van der Waals surface area contributed by atoms with Gasteiger partial charge < -0.3 is 9.47 Å². The molecule has 2 aliphatic rings. The topological polar surface area (TPSA) is 52.6 Å². The number of hydrogen-bond donors (Lipinski definition) is 0. The summed E-state index contributed by atoms with van der Waals surface area (Å²) < 4.78 is 10.4. The van der Waals surface area contributed by atoms with E-state index in [4.69, 9.17) is 9.47 Å². The third-order valence-electron chi connectivity index (χ3n) is 7.49. The van der Waals surface area contributed by atoms with Crippen molar-refractivity contribution in [1.29, 1.82) is 0 Å². The molecule has 0 aromatic carbocycles. The van der Waals surface area contributed by atoms with Gasteiger partial charge in [-0.2, -0.15) is 0 Å². The first-order chi connectivity index (χ1) is 14.5. The van der Waals surface area contributed by atoms with E-state index in [-0.39, 0.29) is 11.9 Å². The van der Waals surface area contributed by atoms with E-state index < -0.39 is 0 Å². The van der Waals surface area contributed by atoms with Crippen LogP contribution >= 0.6 is 0 Å². The second-order valence-corrected chi connectivity index (χ2v) is 9.42. The van der Waals surface area contributed by atoms with E-state index in [2.05, 4.69) is 20.1 Å². The Hall–Kier alpha value is -1.58. The van der Waals surface area contributed by atoms with Gasteiger partial charge in [-0.15, -0.1) is 0 Å². The molecule has 0 aliphatic heterocycles. The zero-order valence-electron chi connectivity index (χ0n) is 19.0. The van der Waals surface area contributed by atoms with Crippen LogP contribution in [-0.2, 0) is 19.1 Å². The van der Waals surface area contributed by atoms with Crippen molar-refractivity contribution in [2.45, 2.75) is 84.0 Å². The first kappa shape index (κ1) is 24.7. The van der Waals surface area contributed by atoms with Crippen molar-refractivity contribution >= 4 is 11.9 Å². The summed E-state index contributed by atoms with van der Waals surface area (Å²) in [6.45, 7) is 10.2. The third-order valence-corrected chi connectivity index (χ3v) is 7.49. The molecule has 4 nitrogen and oxygen atoms in total. The number of esters is 2. The standard InChI is InChI=1S/C26H42O4/c1-4-20(19-30-26(28)6-3)18-22-11-15-24(16-12-22)23-13-9-21(10-14-23)8-7-17-29-25(27)5-2/h5-6,20-24H,2-4,7-19H2,1H3. The highest BCUT2D eigenvalue weighted by atomic mass is 16.5. The van der Waals surface area contributed by atoms with Crippen LogP contribution in [0.25, 0.3) is 0 Å². The predicted octanol–water partition coefficient (Wildman–Crippen LogP) is 6.25. The molecule has 0 heterocycles. The van der Waals surface area contributed by atoms with E-state index in [0.29, 0.717) is 19.1 Å². The summed E-state index contributed by atoms with van der Waals surface area (Å²) in [6.07, 6.45) is 17.8. The Labute approximate surface area is 183 Å². The van der Waals surface area contributed by atoms with Crippen molar-refractivity contribution in [2.75, 3.05) is 13.2 Å². The fraction of sp³-hybridized carbons (Fsp3) is 0.769. The molecule has 0 aromatic rings. The maximum atomic E-state index is 11.3. The van der Waals surface area contributed by atoms with Crippen LogP contribution < -0.4 is 0 Å². The third kappa shape index (κ3) is 8.65. The van der Waals surface area contributed by atoms with Gasteiger partial charge in [-0.05, 0) is 74.5 Å². The maximum absolute atomic E-state index is 11.3. The van der Waals surface area contributed by atoms with Crippen LogP contribution in [0.2, 0.25) is 0 Å². The minimum atomic E-state index is -0.308. The van der Waals surface area contributed by atoms with Crippen LogP contribution in [0, 0.1) is 29.6 Å². The average molecular weight is 419 g/mol. The molecule has 2 aliphatic carbocycles. The van der Waals surface area contributed by atoms with Gasteiger partial charge in [0.05, 0.1) is 13.2 Å². The largest absolute Gasteiger partial charge is 0.463 e. The zero-order chi connectivity index (χ0) is 21.8. The quantitative estimate of drug-likeness (QED) is 0.213. The molecule has 170 valence electrons. The monoisotopic (exact) mass is 418 g/mol. The lowest BCUT2D eigenvalue weighted by molar-refractivity contribution is -0.139. The molecule has 2 rings (SSSR count). The van der Waals surface area contributed by atoms with Crippen molar-refractivity contribution < 1.29 is 19.1 Å². The van der Waals surface area contributed by atoms with E-state index in [1.165, 1.54) is 76.4 Å². The summed E-state index contributed by atoms with van der Waals surface area (Å²) in [5.41, 5.74) is 0. The molecular formula is C26H42O4. The Bertz CT molecular complexity index is 539. The minimum Gasteiger partial charge on any atom is -0.463 e. The van der Waals surface area contributed by atoms with Crippen LogP contribution in [0.3, 0.4) is 0 Å². The summed E-state index contributed by atoms with van der Waals surface area (Å²) in [4.78, 5) is 22.4. The number of ether oxygens (including phenoxy) is 2. The molecule has 2 fully saturated rings. The van der Waals surface area contributed by atoms with Crippen molar-refractivity contribution in [3.63, 3.8) is 0 Å². The van der Waals surface area contributed by atoms with E-state index in [9.17, 15) is 9.59 Å². The van der Waals surface area contributed by atoms with Crippen molar-refractivity contribution in [1.82, 2.24) is 0 Å². The zero-order valence-corrected chi connectivity index (χ0v) is 19.0. The molecule has 0 radical (unpaired) electrons. The minimum absolute atomic E-state index is 0.300. The molecule has 0 bridgehead atoms. The lowest BCUT2D eigenvalue weighted by Crippen LogP contribution is -2.27. The van der Waals surface area contributed by atoms with Crippen molar-refractivity contribution in [2.24, 2.45) is 29.6 Å². The molecule has 0 saturated heterocycles. The van der Waals surface area contributed by atoms with Gasteiger partial charge in [-0.1, -0.05) is 52.2 Å². The molecule has 2 saturated carbocycles. The molecule has 1 atom stereocenters. The highest BCUT2D eigenvalue weighted by Crippen LogP contribution is 2.43. The van der Waals surface area contributed by atoms with Crippen molar-refractivity contribution in [3.8, 4) is 0 Å². The van der Waals surface area contributed by atoms with Crippen LogP contribution in [-0.4, -0.2) is 25.2 Å².